The van der Waals surface area contributed by atoms with Crippen LogP contribution < -0.4 is 10.6 Å². The lowest BCUT2D eigenvalue weighted by Crippen LogP contribution is -2.55. The van der Waals surface area contributed by atoms with Crippen molar-refractivity contribution in [2.24, 2.45) is 5.41 Å². The van der Waals surface area contributed by atoms with Gasteiger partial charge in [0.15, 0.2) is 0 Å². The lowest BCUT2D eigenvalue weighted by Gasteiger charge is -2.42. The first-order valence-corrected chi connectivity index (χ1v) is 6.98. The van der Waals surface area contributed by atoms with Crippen molar-refractivity contribution in [1.82, 2.24) is 10.6 Å². The first-order chi connectivity index (χ1) is 8.27. The Morgan fingerprint density at radius 3 is 2.39 bits per heavy atom. The van der Waals surface area contributed by atoms with Crippen LogP contribution in [0.4, 0.5) is 4.79 Å². The van der Waals surface area contributed by atoms with E-state index in [9.17, 15) is 4.79 Å². The molecule has 0 aromatic heterocycles. The van der Waals surface area contributed by atoms with Crippen LogP contribution in [0.2, 0.25) is 0 Å². The fraction of sp³-hybridized carbons (Fsp3) is 0.929. The number of nitrogens with one attached hydrogen (secondary N) is 2. The Morgan fingerprint density at radius 2 is 1.94 bits per heavy atom. The maximum absolute atomic E-state index is 11.9. The van der Waals surface area contributed by atoms with Gasteiger partial charge in [0.1, 0.15) is 5.60 Å². The van der Waals surface area contributed by atoms with E-state index >= 15 is 0 Å². The highest BCUT2D eigenvalue weighted by Gasteiger charge is 2.58. The van der Waals surface area contributed by atoms with Crippen molar-refractivity contribution in [1.29, 1.82) is 0 Å². The van der Waals surface area contributed by atoms with Gasteiger partial charge in [-0.1, -0.05) is 6.92 Å². The zero-order valence-corrected chi connectivity index (χ0v) is 12.1. The second kappa shape index (κ2) is 4.41. The lowest BCUT2D eigenvalue weighted by atomic mass is 9.74. The van der Waals surface area contributed by atoms with E-state index < -0.39 is 5.60 Å². The summed E-state index contributed by atoms with van der Waals surface area (Å²) in [5.41, 5.74) is -0.295. The summed E-state index contributed by atoms with van der Waals surface area (Å²) in [6.45, 7) is 10.1. The van der Waals surface area contributed by atoms with Crippen LogP contribution in [0, 0.1) is 5.41 Å². The summed E-state index contributed by atoms with van der Waals surface area (Å²) < 4.78 is 5.38. The second-order valence-electron chi connectivity index (χ2n) is 7.05. The molecule has 0 aromatic rings. The van der Waals surface area contributed by atoms with Crippen molar-refractivity contribution in [3.05, 3.63) is 0 Å². The molecule has 0 spiro atoms. The predicted molar refractivity (Wildman–Crippen MR) is 71.5 cm³/mol. The van der Waals surface area contributed by atoms with E-state index in [0.29, 0.717) is 0 Å². The van der Waals surface area contributed by atoms with E-state index in [1.165, 1.54) is 12.8 Å². The summed E-state index contributed by atoms with van der Waals surface area (Å²) in [6, 6.07) is 0. The van der Waals surface area contributed by atoms with Crippen molar-refractivity contribution in [2.45, 2.75) is 64.5 Å². The van der Waals surface area contributed by atoms with Gasteiger partial charge in [-0.05, 0) is 53.0 Å². The smallest absolute Gasteiger partial charge is 0.408 e. The van der Waals surface area contributed by atoms with Gasteiger partial charge in [0.05, 0.1) is 5.54 Å². The number of hydrogen-bond acceptors (Lipinski definition) is 3. The zero-order chi connectivity index (χ0) is 13.4. The van der Waals surface area contributed by atoms with Gasteiger partial charge in [-0.3, -0.25) is 0 Å². The highest BCUT2D eigenvalue weighted by Crippen LogP contribution is 2.53. The molecule has 1 heterocycles. The van der Waals surface area contributed by atoms with Crippen molar-refractivity contribution in [2.75, 3.05) is 13.1 Å². The maximum Gasteiger partial charge on any atom is 0.408 e. The van der Waals surface area contributed by atoms with Crippen LogP contribution in [0.25, 0.3) is 0 Å². The number of amides is 1. The molecule has 2 fully saturated rings. The van der Waals surface area contributed by atoms with Gasteiger partial charge in [0.2, 0.25) is 0 Å². The molecule has 18 heavy (non-hydrogen) atoms. The Labute approximate surface area is 110 Å². The number of rotatable bonds is 2. The third-order valence-corrected chi connectivity index (χ3v) is 4.24. The summed E-state index contributed by atoms with van der Waals surface area (Å²) in [5.74, 6) is 0. The average molecular weight is 254 g/mol. The molecule has 1 saturated heterocycles. The number of carbonyl (C=O) groups excluding carboxylic acids is 1. The topological polar surface area (TPSA) is 50.4 Å². The maximum atomic E-state index is 11.9. The number of alkyl carbamates (subject to hydrolysis) is 1. The normalized spacial score (nSPS) is 30.7. The molecule has 1 amide bonds. The highest BCUT2D eigenvalue weighted by molar-refractivity contribution is 5.69. The van der Waals surface area contributed by atoms with E-state index in [1.807, 2.05) is 20.8 Å². The molecule has 4 nitrogen and oxygen atoms in total. The number of carbonyl (C=O) groups is 1. The third-order valence-electron chi connectivity index (χ3n) is 4.24. The number of hydrogen-bond donors (Lipinski definition) is 2. The molecule has 1 saturated carbocycles. The summed E-state index contributed by atoms with van der Waals surface area (Å²) >= 11 is 0. The number of ether oxygens (including phenoxy) is 1. The van der Waals surface area contributed by atoms with Crippen LogP contribution in [0.1, 0.15) is 53.4 Å². The summed E-state index contributed by atoms with van der Waals surface area (Å²) in [4.78, 5) is 11.9. The van der Waals surface area contributed by atoms with E-state index in [1.54, 1.807) is 0 Å². The highest BCUT2D eigenvalue weighted by atomic mass is 16.6. The van der Waals surface area contributed by atoms with Gasteiger partial charge in [-0.15, -0.1) is 0 Å². The minimum atomic E-state index is -0.425. The molecule has 0 bridgehead atoms. The monoisotopic (exact) mass is 254 g/mol. The van der Waals surface area contributed by atoms with Crippen LogP contribution in [-0.2, 0) is 4.74 Å². The van der Waals surface area contributed by atoms with E-state index in [4.69, 9.17) is 4.74 Å². The number of piperidine rings is 1. The predicted octanol–water partition coefficient (Wildman–Crippen LogP) is 2.43. The van der Waals surface area contributed by atoms with E-state index in [0.717, 1.165) is 25.9 Å². The molecule has 4 heteroatoms. The third kappa shape index (κ3) is 2.79. The Bertz CT molecular complexity index is 323. The SMILES string of the molecule is CC(C)(C)OC(=O)NC1(C2(C)CCCNC2)CC1. The van der Waals surface area contributed by atoms with Gasteiger partial charge >= 0.3 is 6.09 Å². The van der Waals surface area contributed by atoms with Crippen LogP contribution in [0.3, 0.4) is 0 Å². The van der Waals surface area contributed by atoms with Crippen molar-refractivity contribution >= 4 is 6.09 Å². The second-order valence-corrected chi connectivity index (χ2v) is 7.05. The van der Waals surface area contributed by atoms with Crippen LogP contribution >= 0.6 is 0 Å². The molecule has 104 valence electrons. The first kappa shape index (κ1) is 13.7. The molecular formula is C14H26N2O2. The van der Waals surface area contributed by atoms with Crippen LogP contribution in [0.15, 0.2) is 0 Å². The summed E-state index contributed by atoms with van der Waals surface area (Å²) in [5, 5.41) is 6.58. The molecular weight excluding hydrogens is 228 g/mol. The van der Waals surface area contributed by atoms with Crippen molar-refractivity contribution < 1.29 is 9.53 Å². The van der Waals surface area contributed by atoms with Crippen molar-refractivity contribution in [3.63, 3.8) is 0 Å². The minimum Gasteiger partial charge on any atom is -0.444 e. The molecule has 2 rings (SSSR count). The Morgan fingerprint density at radius 1 is 1.28 bits per heavy atom. The van der Waals surface area contributed by atoms with Gasteiger partial charge in [-0.25, -0.2) is 4.79 Å². The quantitative estimate of drug-likeness (QED) is 0.795. The van der Waals surface area contributed by atoms with Gasteiger partial charge in [0.25, 0.3) is 0 Å². The largest absolute Gasteiger partial charge is 0.444 e. The average Bonchev–Trinajstić information content (AvgIpc) is 2.97. The fourth-order valence-electron chi connectivity index (χ4n) is 2.97. The molecule has 2 aliphatic rings. The molecule has 0 aromatic carbocycles. The fourth-order valence-corrected chi connectivity index (χ4v) is 2.97. The Hall–Kier alpha value is -0.770. The van der Waals surface area contributed by atoms with Crippen LogP contribution in [-0.4, -0.2) is 30.3 Å². The lowest BCUT2D eigenvalue weighted by molar-refractivity contribution is 0.0402. The molecule has 1 aliphatic carbocycles. The Kier molecular flexibility index (Phi) is 3.34. The molecule has 1 unspecified atom stereocenters. The molecule has 1 atom stereocenters. The van der Waals surface area contributed by atoms with Crippen LogP contribution in [0.5, 0.6) is 0 Å². The van der Waals surface area contributed by atoms with E-state index in [-0.39, 0.29) is 17.0 Å². The summed E-state index contributed by atoms with van der Waals surface area (Å²) in [7, 11) is 0. The van der Waals surface area contributed by atoms with Crippen molar-refractivity contribution in [3.8, 4) is 0 Å². The molecule has 2 N–H and O–H groups in total. The van der Waals surface area contributed by atoms with Gasteiger partial charge in [-0.2, -0.15) is 0 Å². The zero-order valence-electron chi connectivity index (χ0n) is 12.1. The summed E-state index contributed by atoms with van der Waals surface area (Å²) in [6.07, 6.45) is 4.24. The Balaban J connectivity index is 1.97. The minimum absolute atomic E-state index is 0.0389. The standard InChI is InChI=1S/C14H26N2O2/c1-12(2,3)18-11(17)16-14(7-8-14)13(4)6-5-9-15-10-13/h15H,5-10H2,1-4H3,(H,16,17). The molecule has 0 radical (unpaired) electrons. The first-order valence-electron chi connectivity index (χ1n) is 6.98. The molecule has 1 aliphatic heterocycles. The van der Waals surface area contributed by atoms with Gasteiger partial charge in [0, 0.05) is 12.0 Å². The van der Waals surface area contributed by atoms with Gasteiger partial charge < -0.3 is 15.4 Å². The van der Waals surface area contributed by atoms with E-state index in [2.05, 4.69) is 17.6 Å².